The van der Waals surface area contributed by atoms with Crippen molar-refractivity contribution in [2.24, 2.45) is 0 Å². The van der Waals surface area contributed by atoms with Gasteiger partial charge in [-0.05, 0) is 30.7 Å². The van der Waals surface area contributed by atoms with Gasteiger partial charge in [-0.3, -0.25) is 4.79 Å². The molecular formula is C16H17N7O2. The molecule has 0 aliphatic carbocycles. The lowest BCUT2D eigenvalue weighted by molar-refractivity contribution is 0.0739. The van der Waals surface area contributed by atoms with E-state index in [0.29, 0.717) is 18.8 Å². The van der Waals surface area contributed by atoms with Crippen molar-refractivity contribution < 1.29 is 9.53 Å². The lowest BCUT2D eigenvalue weighted by Crippen LogP contribution is -2.31. The van der Waals surface area contributed by atoms with Gasteiger partial charge >= 0.3 is 0 Å². The summed E-state index contributed by atoms with van der Waals surface area (Å²) in [6.45, 7) is 1.89. The third kappa shape index (κ3) is 2.95. The molecule has 4 rings (SSSR count). The van der Waals surface area contributed by atoms with Gasteiger partial charge in [-0.15, -0.1) is 10.2 Å². The van der Waals surface area contributed by atoms with Crippen LogP contribution in [0.25, 0.3) is 5.69 Å². The molecule has 25 heavy (non-hydrogen) atoms. The van der Waals surface area contributed by atoms with Gasteiger partial charge in [0.25, 0.3) is 5.91 Å². The average Bonchev–Trinajstić information content (AvgIpc) is 3.26. The number of carbonyl (C=O) groups is 1. The Hall–Kier alpha value is -3.23. The van der Waals surface area contributed by atoms with Crippen molar-refractivity contribution in [1.82, 2.24) is 34.9 Å². The van der Waals surface area contributed by atoms with E-state index in [1.807, 2.05) is 28.9 Å². The summed E-state index contributed by atoms with van der Waals surface area (Å²) in [6.07, 6.45) is 4.17. The van der Waals surface area contributed by atoms with Crippen LogP contribution in [-0.4, -0.2) is 54.4 Å². The molecule has 3 aromatic rings. The summed E-state index contributed by atoms with van der Waals surface area (Å²) in [6, 6.07) is 7.39. The third-order valence-electron chi connectivity index (χ3n) is 4.19. The number of carbonyl (C=O) groups excluding carboxylic acids is 1. The van der Waals surface area contributed by atoms with Crippen LogP contribution >= 0.6 is 0 Å². The zero-order valence-electron chi connectivity index (χ0n) is 13.7. The maximum absolute atomic E-state index is 12.8. The zero-order chi connectivity index (χ0) is 17.2. The minimum atomic E-state index is -0.144. The normalized spacial score (nSPS) is 14.0. The van der Waals surface area contributed by atoms with E-state index in [2.05, 4.69) is 20.6 Å². The van der Waals surface area contributed by atoms with Crippen LogP contribution < -0.4 is 4.74 Å². The van der Waals surface area contributed by atoms with Gasteiger partial charge < -0.3 is 9.64 Å². The van der Waals surface area contributed by atoms with Crippen LogP contribution in [0, 0.1) is 0 Å². The number of nitrogens with zero attached hydrogens (tertiary/aromatic N) is 7. The summed E-state index contributed by atoms with van der Waals surface area (Å²) in [5.74, 6) is 0.615. The first-order valence-electron chi connectivity index (χ1n) is 7.98. The van der Waals surface area contributed by atoms with Crippen molar-refractivity contribution in [3.8, 4) is 11.4 Å². The quantitative estimate of drug-likeness (QED) is 0.704. The van der Waals surface area contributed by atoms with Crippen LogP contribution in [0.3, 0.4) is 0 Å². The van der Waals surface area contributed by atoms with Gasteiger partial charge in [0.2, 0.25) is 0 Å². The van der Waals surface area contributed by atoms with Crippen LogP contribution in [-0.2, 0) is 13.1 Å². The number of benzene rings is 1. The van der Waals surface area contributed by atoms with Crippen molar-refractivity contribution in [3.63, 3.8) is 0 Å². The second-order valence-corrected chi connectivity index (χ2v) is 5.78. The molecule has 1 amide bonds. The highest BCUT2D eigenvalue weighted by atomic mass is 16.5. The van der Waals surface area contributed by atoms with E-state index in [-0.39, 0.29) is 5.91 Å². The lowest BCUT2D eigenvalue weighted by Gasteiger charge is -2.18. The molecule has 0 fully saturated rings. The number of aromatic nitrogens is 6. The van der Waals surface area contributed by atoms with Crippen LogP contribution in [0.5, 0.6) is 5.75 Å². The average molecular weight is 339 g/mol. The molecule has 2 aromatic heterocycles. The standard InChI is InChI=1S/C16H17N7O2/c1-25-14-5-3-12(4-6-14)23-11-15(18-20-23)16(24)21-7-2-8-22-13(10-21)9-17-19-22/h3-6,9,11H,2,7-8,10H2,1H3. The van der Waals surface area contributed by atoms with E-state index in [9.17, 15) is 4.79 Å². The lowest BCUT2D eigenvalue weighted by atomic mass is 10.3. The van der Waals surface area contributed by atoms with Crippen LogP contribution in [0.2, 0.25) is 0 Å². The fraction of sp³-hybridized carbons (Fsp3) is 0.312. The first-order chi connectivity index (χ1) is 12.2. The highest BCUT2D eigenvalue weighted by Crippen LogP contribution is 2.16. The number of methoxy groups -OCH3 is 1. The molecular weight excluding hydrogens is 322 g/mol. The Kier molecular flexibility index (Phi) is 3.88. The van der Waals surface area contributed by atoms with Gasteiger partial charge in [-0.2, -0.15) is 0 Å². The molecule has 3 heterocycles. The number of rotatable bonds is 3. The maximum Gasteiger partial charge on any atom is 0.276 e. The van der Waals surface area contributed by atoms with Gasteiger partial charge in [0.1, 0.15) is 5.75 Å². The molecule has 1 aliphatic rings. The number of hydrogen-bond donors (Lipinski definition) is 0. The first-order valence-corrected chi connectivity index (χ1v) is 7.98. The highest BCUT2D eigenvalue weighted by Gasteiger charge is 2.23. The van der Waals surface area contributed by atoms with E-state index in [4.69, 9.17) is 4.74 Å². The van der Waals surface area contributed by atoms with Crippen LogP contribution in [0.4, 0.5) is 0 Å². The number of ether oxygens (including phenoxy) is 1. The Labute approximate surface area is 143 Å². The second-order valence-electron chi connectivity index (χ2n) is 5.78. The Morgan fingerprint density at radius 3 is 2.80 bits per heavy atom. The van der Waals surface area contributed by atoms with E-state index in [0.717, 1.165) is 30.1 Å². The molecule has 1 aliphatic heterocycles. The maximum atomic E-state index is 12.8. The largest absolute Gasteiger partial charge is 0.497 e. The van der Waals surface area contributed by atoms with Gasteiger partial charge in [0.15, 0.2) is 5.69 Å². The predicted octanol–water partition coefficient (Wildman–Crippen LogP) is 0.913. The summed E-state index contributed by atoms with van der Waals surface area (Å²) >= 11 is 0. The summed E-state index contributed by atoms with van der Waals surface area (Å²) in [7, 11) is 1.61. The molecule has 0 unspecified atom stereocenters. The van der Waals surface area contributed by atoms with Gasteiger partial charge in [0, 0.05) is 13.1 Å². The number of hydrogen-bond acceptors (Lipinski definition) is 6. The summed E-state index contributed by atoms with van der Waals surface area (Å²) in [5, 5.41) is 16.0. The van der Waals surface area contributed by atoms with Crippen molar-refractivity contribution in [2.45, 2.75) is 19.5 Å². The highest BCUT2D eigenvalue weighted by molar-refractivity contribution is 5.92. The van der Waals surface area contributed by atoms with Gasteiger partial charge in [-0.25, -0.2) is 9.36 Å². The van der Waals surface area contributed by atoms with E-state index in [1.165, 1.54) is 0 Å². The van der Waals surface area contributed by atoms with Crippen molar-refractivity contribution in [2.75, 3.05) is 13.7 Å². The summed E-state index contributed by atoms with van der Waals surface area (Å²) < 4.78 is 8.56. The molecule has 9 heteroatoms. The van der Waals surface area contributed by atoms with Crippen molar-refractivity contribution >= 4 is 5.91 Å². The zero-order valence-corrected chi connectivity index (χ0v) is 13.7. The summed E-state index contributed by atoms with van der Waals surface area (Å²) in [5.41, 5.74) is 2.05. The molecule has 0 bridgehead atoms. The van der Waals surface area contributed by atoms with Crippen LogP contribution in [0.15, 0.2) is 36.7 Å². The molecule has 0 atom stereocenters. The van der Waals surface area contributed by atoms with E-state index >= 15 is 0 Å². The van der Waals surface area contributed by atoms with E-state index < -0.39 is 0 Å². The molecule has 128 valence electrons. The van der Waals surface area contributed by atoms with E-state index in [1.54, 1.807) is 29.1 Å². The first kappa shape index (κ1) is 15.3. The Balaban J connectivity index is 1.54. The fourth-order valence-corrected chi connectivity index (χ4v) is 2.83. The topological polar surface area (TPSA) is 91.0 Å². The molecule has 0 spiro atoms. The second kappa shape index (κ2) is 6.34. The third-order valence-corrected chi connectivity index (χ3v) is 4.19. The Morgan fingerprint density at radius 2 is 2.00 bits per heavy atom. The predicted molar refractivity (Wildman–Crippen MR) is 87.3 cm³/mol. The van der Waals surface area contributed by atoms with Crippen molar-refractivity contribution in [1.29, 1.82) is 0 Å². The van der Waals surface area contributed by atoms with Gasteiger partial charge in [0.05, 0.1) is 37.4 Å². The van der Waals surface area contributed by atoms with Gasteiger partial charge in [-0.1, -0.05) is 10.4 Å². The number of aryl methyl sites for hydroxylation is 1. The monoisotopic (exact) mass is 339 g/mol. The molecule has 0 radical (unpaired) electrons. The molecule has 0 N–H and O–H groups in total. The summed E-state index contributed by atoms with van der Waals surface area (Å²) in [4.78, 5) is 14.5. The molecule has 0 saturated heterocycles. The Bertz CT molecular complexity index is 884. The number of fused-ring (bicyclic) bond motifs is 1. The number of amides is 1. The smallest absolute Gasteiger partial charge is 0.276 e. The molecule has 9 nitrogen and oxygen atoms in total. The minimum absolute atomic E-state index is 0.144. The fourth-order valence-electron chi connectivity index (χ4n) is 2.83. The SMILES string of the molecule is COc1ccc(-n2cc(C(=O)N3CCCn4nncc4C3)nn2)cc1. The van der Waals surface area contributed by atoms with Crippen LogP contribution in [0.1, 0.15) is 22.6 Å². The molecule has 1 aromatic carbocycles. The Morgan fingerprint density at radius 1 is 1.16 bits per heavy atom. The molecule has 0 saturated carbocycles. The minimum Gasteiger partial charge on any atom is -0.497 e. The van der Waals surface area contributed by atoms with Crippen molar-refractivity contribution in [3.05, 3.63) is 48.0 Å².